The van der Waals surface area contributed by atoms with E-state index in [9.17, 15) is 0 Å². The number of nitrogens with one attached hydrogen (secondary N) is 2. The summed E-state index contributed by atoms with van der Waals surface area (Å²) in [6, 6.07) is 1.27. The first kappa shape index (κ1) is 8.18. The summed E-state index contributed by atoms with van der Waals surface area (Å²) in [5.74, 6) is 0. The minimum Gasteiger partial charge on any atom is -0.387 e. The van der Waals surface area contributed by atoms with E-state index >= 15 is 0 Å². The molecule has 0 amide bonds. The Morgan fingerprint density at radius 1 is 1.45 bits per heavy atom. The van der Waals surface area contributed by atoms with E-state index in [1.165, 1.54) is 11.7 Å². The van der Waals surface area contributed by atoms with E-state index in [0.717, 1.165) is 13.0 Å². The monoisotopic (exact) mass is 151 g/mol. The highest BCUT2D eigenvalue weighted by molar-refractivity contribution is 5.30. The summed E-state index contributed by atoms with van der Waals surface area (Å²) in [7, 11) is 0. The van der Waals surface area contributed by atoms with E-state index < -0.39 is 0 Å². The zero-order chi connectivity index (χ0) is 8.10. The molecule has 0 saturated carbocycles. The summed E-state index contributed by atoms with van der Waals surface area (Å²) >= 11 is 0. The van der Waals surface area contributed by atoms with Crippen LogP contribution in [0.4, 0.5) is 0 Å². The van der Waals surface area contributed by atoms with Gasteiger partial charge in [0.05, 0.1) is 0 Å². The maximum atomic E-state index is 3.30. The van der Waals surface area contributed by atoms with Crippen LogP contribution in [-0.2, 0) is 0 Å². The molecule has 0 spiro atoms. The first-order valence-electron chi connectivity index (χ1n) is 4.12. The van der Waals surface area contributed by atoms with Crippen molar-refractivity contribution < 1.29 is 0 Å². The number of hydrogen-bond donors (Lipinski definition) is 2. The Hall–Kier alpha value is -0.920. The number of likely N-dealkylation sites (N-methyl/N-ethyl adjacent to an activating group) is 1. The molecule has 0 unspecified atom stereocenters. The molecule has 1 rings (SSSR count). The zero-order valence-electron chi connectivity index (χ0n) is 7.15. The Balaban J connectivity index is 2.55. The van der Waals surface area contributed by atoms with Crippen LogP contribution in [0.1, 0.15) is 20.3 Å². The third kappa shape index (κ3) is 2.00. The summed E-state index contributed by atoms with van der Waals surface area (Å²) in [5, 5.41) is 6.50. The molecule has 0 fully saturated rings. The van der Waals surface area contributed by atoms with Crippen molar-refractivity contribution in [1.29, 1.82) is 0 Å². The van der Waals surface area contributed by atoms with Crippen molar-refractivity contribution in [2.45, 2.75) is 20.3 Å². The molecule has 0 saturated heterocycles. The van der Waals surface area contributed by atoms with Gasteiger partial charge in [0.1, 0.15) is 6.04 Å². The van der Waals surface area contributed by atoms with Crippen molar-refractivity contribution in [3.63, 3.8) is 0 Å². The molecule has 0 bridgehead atoms. The average molecular weight is 151 g/mol. The van der Waals surface area contributed by atoms with E-state index in [1.54, 1.807) is 0 Å². The second-order valence-electron chi connectivity index (χ2n) is 2.45. The van der Waals surface area contributed by atoms with Gasteiger partial charge in [-0.15, -0.1) is 0 Å². The SMILES string of the molecule is CCNC1=CC=CN[C]1CC. The largest absolute Gasteiger partial charge is 0.387 e. The first-order chi connectivity index (χ1) is 5.38. The van der Waals surface area contributed by atoms with Gasteiger partial charge in [0.15, 0.2) is 0 Å². The van der Waals surface area contributed by atoms with Crippen LogP contribution in [0.3, 0.4) is 0 Å². The van der Waals surface area contributed by atoms with Gasteiger partial charge in [0.2, 0.25) is 0 Å². The van der Waals surface area contributed by atoms with Crippen LogP contribution in [0.15, 0.2) is 24.0 Å². The predicted octanol–water partition coefficient (Wildman–Crippen LogP) is 1.54. The van der Waals surface area contributed by atoms with Gasteiger partial charge in [-0.25, -0.2) is 0 Å². The Labute approximate surface area is 68.4 Å². The van der Waals surface area contributed by atoms with Crippen molar-refractivity contribution in [3.8, 4) is 0 Å². The molecule has 1 aliphatic rings. The van der Waals surface area contributed by atoms with Crippen molar-refractivity contribution in [3.05, 3.63) is 30.1 Å². The average Bonchev–Trinajstić information content (AvgIpc) is 2.06. The Bertz CT molecular complexity index is 170. The van der Waals surface area contributed by atoms with E-state index in [4.69, 9.17) is 0 Å². The van der Waals surface area contributed by atoms with Crippen molar-refractivity contribution in [2.24, 2.45) is 0 Å². The molecule has 0 atom stereocenters. The van der Waals surface area contributed by atoms with Crippen LogP contribution in [-0.4, -0.2) is 6.54 Å². The van der Waals surface area contributed by atoms with Crippen LogP contribution in [0.2, 0.25) is 0 Å². The molecular weight excluding hydrogens is 136 g/mol. The molecule has 2 heteroatoms. The number of rotatable bonds is 3. The Kier molecular flexibility index (Phi) is 3.02. The van der Waals surface area contributed by atoms with Gasteiger partial charge in [-0.3, -0.25) is 0 Å². The third-order valence-electron chi connectivity index (χ3n) is 1.66. The smallest absolute Gasteiger partial charge is 0.105 e. The maximum absolute atomic E-state index is 3.30. The summed E-state index contributed by atoms with van der Waals surface area (Å²) in [6.45, 7) is 5.23. The van der Waals surface area contributed by atoms with Gasteiger partial charge in [-0.2, -0.15) is 0 Å². The summed E-state index contributed by atoms with van der Waals surface area (Å²) < 4.78 is 0. The minimum absolute atomic E-state index is 0.977. The normalized spacial score (nSPS) is 17.5. The Morgan fingerprint density at radius 2 is 2.27 bits per heavy atom. The van der Waals surface area contributed by atoms with Crippen LogP contribution in [0.25, 0.3) is 0 Å². The molecule has 0 aromatic carbocycles. The van der Waals surface area contributed by atoms with Gasteiger partial charge in [-0.05, 0) is 31.7 Å². The van der Waals surface area contributed by atoms with E-state index in [2.05, 4.69) is 30.6 Å². The van der Waals surface area contributed by atoms with Gasteiger partial charge in [0, 0.05) is 12.2 Å². The molecule has 0 aromatic rings. The third-order valence-corrected chi connectivity index (χ3v) is 1.66. The summed E-state index contributed by atoms with van der Waals surface area (Å²) in [4.78, 5) is 0. The molecule has 1 heterocycles. The Morgan fingerprint density at radius 3 is 2.91 bits per heavy atom. The van der Waals surface area contributed by atoms with E-state index in [1.807, 2.05) is 12.3 Å². The van der Waals surface area contributed by atoms with Crippen LogP contribution in [0.5, 0.6) is 0 Å². The number of dihydropyridines is 1. The molecule has 61 valence electrons. The fourth-order valence-corrected chi connectivity index (χ4v) is 1.12. The second-order valence-corrected chi connectivity index (χ2v) is 2.45. The number of allylic oxidation sites excluding steroid dienone is 2. The quantitative estimate of drug-likeness (QED) is 0.639. The van der Waals surface area contributed by atoms with Crippen molar-refractivity contribution >= 4 is 0 Å². The molecule has 0 aromatic heterocycles. The van der Waals surface area contributed by atoms with E-state index in [0.29, 0.717) is 0 Å². The molecule has 1 radical (unpaired) electrons. The highest BCUT2D eigenvalue weighted by Gasteiger charge is 2.11. The predicted molar refractivity (Wildman–Crippen MR) is 47.6 cm³/mol. The van der Waals surface area contributed by atoms with E-state index in [-0.39, 0.29) is 0 Å². The highest BCUT2D eigenvalue weighted by Crippen LogP contribution is 2.14. The summed E-state index contributed by atoms with van der Waals surface area (Å²) in [5.41, 5.74) is 1.22. The number of hydrogen-bond acceptors (Lipinski definition) is 2. The lowest BCUT2D eigenvalue weighted by molar-refractivity contribution is 0.712. The maximum Gasteiger partial charge on any atom is 0.105 e. The molecular formula is C9H15N2. The minimum atomic E-state index is 0.977. The van der Waals surface area contributed by atoms with Crippen molar-refractivity contribution in [2.75, 3.05) is 6.54 Å². The second kappa shape index (κ2) is 4.06. The fraction of sp³-hybridized carbons (Fsp3) is 0.444. The van der Waals surface area contributed by atoms with Gasteiger partial charge >= 0.3 is 0 Å². The van der Waals surface area contributed by atoms with Gasteiger partial charge in [-0.1, -0.05) is 6.92 Å². The van der Waals surface area contributed by atoms with Crippen LogP contribution >= 0.6 is 0 Å². The highest BCUT2D eigenvalue weighted by atomic mass is 15.0. The molecule has 2 nitrogen and oxygen atoms in total. The van der Waals surface area contributed by atoms with Gasteiger partial charge in [0.25, 0.3) is 0 Å². The lowest BCUT2D eigenvalue weighted by Gasteiger charge is -2.21. The van der Waals surface area contributed by atoms with Crippen LogP contribution < -0.4 is 10.6 Å². The van der Waals surface area contributed by atoms with Crippen molar-refractivity contribution in [1.82, 2.24) is 10.6 Å². The zero-order valence-corrected chi connectivity index (χ0v) is 7.15. The molecule has 1 aliphatic heterocycles. The van der Waals surface area contributed by atoms with Crippen LogP contribution in [0, 0.1) is 6.04 Å². The molecule has 2 N–H and O–H groups in total. The lowest BCUT2D eigenvalue weighted by atomic mass is 10.1. The molecule has 0 aliphatic carbocycles. The molecule has 11 heavy (non-hydrogen) atoms. The lowest BCUT2D eigenvalue weighted by Crippen LogP contribution is -2.27. The first-order valence-corrected chi connectivity index (χ1v) is 4.12. The standard InChI is InChI=1S/C9H15N2/c1-3-8-9(10-4-2)6-5-7-11-8/h5-7,10-11H,3-4H2,1-2H3. The topological polar surface area (TPSA) is 24.1 Å². The fourth-order valence-electron chi connectivity index (χ4n) is 1.12. The summed E-state index contributed by atoms with van der Waals surface area (Å²) in [6.07, 6.45) is 7.11. The van der Waals surface area contributed by atoms with Gasteiger partial charge < -0.3 is 10.6 Å².